The summed E-state index contributed by atoms with van der Waals surface area (Å²) in [5.41, 5.74) is -3.23. The van der Waals surface area contributed by atoms with Gasteiger partial charge in [0.1, 0.15) is 0 Å². The van der Waals surface area contributed by atoms with Gasteiger partial charge in [-0.25, -0.2) is 9.69 Å². The number of halogens is 3. The summed E-state index contributed by atoms with van der Waals surface area (Å²) < 4.78 is 46.3. The van der Waals surface area contributed by atoms with E-state index in [9.17, 15) is 22.8 Å². The van der Waals surface area contributed by atoms with E-state index in [1.807, 2.05) is 0 Å². The van der Waals surface area contributed by atoms with Gasteiger partial charge in [0.2, 0.25) is 0 Å². The molecule has 0 saturated carbocycles. The summed E-state index contributed by atoms with van der Waals surface area (Å²) >= 11 is 0. The molecule has 0 aliphatic carbocycles. The first-order valence-electron chi connectivity index (χ1n) is 10.1. The normalized spacial score (nSPS) is 18.7. The van der Waals surface area contributed by atoms with Crippen molar-refractivity contribution < 1.29 is 27.5 Å². The van der Waals surface area contributed by atoms with E-state index in [1.165, 1.54) is 17.0 Å². The molecule has 0 aromatic heterocycles. The molecule has 2 aromatic rings. The number of amides is 3. The Morgan fingerprint density at radius 2 is 1.85 bits per heavy atom. The molecule has 3 rings (SSSR count). The van der Waals surface area contributed by atoms with Crippen molar-refractivity contribution in [1.82, 2.24) is 4.90 Å². The molecular weight excluding hydrogens is 435 g/mol. The summed E-state index contributed by atoms with van der Waals surface area (Å²) in [7, 11) is 0. The molecule has 1 unspecified atom stereocenters. The number of benzene rings is 2. The first-order valence-corrected chi connectivity index (χ1v) is 10.1. The highest BCUT2D eigenvalue weighted by atomic mass is 19.4. The standard InChI is InChI=1S/C24H22F3N3O3/c1-4-12-33-15-23(18-8-6-5-7-9-18)21(31)29(22(32)30(23)16(2)3)19-11-10-17(14-28)20(13-19)24(25,26)27/h4-11,13,16H,1,12,15H2,2-3H3. The number of rotatable bonds is 7. The second kappa shape index (κ2) is 9.08. The van der Waals surface area contributed by atoms with Gasteiger partial charge in [0.15, 0.2) is 5.54 Å². The molecule has 1 saturated heterocycles. The molecule has 0 spiro atoms. The Morgan fingerprint density at radius 1 is 1.18 bits per heavy atom. The van der Waals surface area contributed by atoms with Gasteiger partial charge in [-0.3, -0.25) is 4.79 Å². The van der Waals surface area contributed by atoms with Gasteiger partial charge in [0, 0.05) is 6.04 Å². The molecule has 1 aliphatic rings. The van der Waals surface area contributed by atoms with Gasteiger partial charge in [0.05, 0.1) is 36.1 Å². The lowest BCUT2D eigenvalue weighted by molar-refractivity contribution is -0.138. The largest absolute Gasteiger partial charge is 0.417 e. The molecule has 1 atom stereocenters. The van der Waals surface area contributed by atoms with E-state index in [0.29, 0.717) is 11.6 Å². The smallest absolute Gasteiger partial charge is 0.374 e. The van der Waals surface area contributed by atoms with Crippen molar-refractivity contribution in [1.29, 1.82) is 5.26 Å². The minimum atomic E-state index is -4.84. The number of alkyl halides is 3. The van der Waals surface area contributed by atoms with E-state index in [1.54, 1.807) is 44.2 Å². The Balaban J connectivity index is 2.23. The Kier molecular flexibility index (Phi) is 6.60. The van der Waals surface area contributed by atoms with Crippen LogP contribution in [-0.2, 0) is 21.2 Å². The molecular formula is C24H22F3N3O3. The number of hydrogen-bond donors (Lipinski definition) is 0. The van der Waals surface area contributed by atoms with Crippen molar-refractivity contribution in [2.75, 3.05) is 18.1 Å². The monoisotopic (exact) mass is 457 g/mol. The fourth-order valence-corrected chi connectivity index (χ4v) is 4.02. The lowest BCUT2D eigenvalue weighted by Gasteiger charge is -2.37. The van der Waals surface area contributed by atoms with Crippen LogP contribution >= 0.6 is 0 Å². The van der Waals surface area contributed by atoms with Crippen molar-refractivity contribution in [2.24, 2.45) is 0 Å². The molecule has 6 nitrogen and oxygen atoms in total. The lowest BCUT2D eigenvalue weighted by Crippen LogP contribution is -2.53. The zero-order valence-corrected chi connectivity index (χ0v) is 18.1. The first kappa shape index (κ1) is 24.0. The summed E-state index contributed by atoms with van der Waals surface area (Å²) in [4.78, 5) is 29.4. The van der Waals surface area contributed by atoms with Crippen LogP contribution in [0.4, 0.5) is 23.7 Å². The van der Waals surface area contributed by atoms with Gasteiger partial charge in [-0.15, -0.1) is 6.58 Å². The molecule has 172 valence electrons. The van der Waals surface area contributed by atoms with E-state index in [4.69, 9.17) is 10.00 Å². The molecule has 0 radical (unpaired) electrons. The highest BCUT2D eigenvalue weighted by Crippen LogP contribution is 2.43. The third-order valence-electron chi connectivity index (χ3n) is 5.37. The highest BCUT2D eigenvalue weighted by Gasteiger charge is 2.60. The van der Waals surface area contributed by atoms with Gasteiger partial charge in [0.25, 0.3) is 5.91 Å². The third kappa shape index (κ3) is 4.10. The Morgan fingerprint density at radius 3 is 2.39 bits per heavy atom. The maximum Gasteiger partial charge on any atom is 0.417 e. The third-order valence-corrected chi connectivity index (χ3v) is 5.37. The Labute approximate surface area is 189 Å². The van der Waals surface area contributed by atoms with Crippen molar-refractivity contribution in [2.45, 2.75) is 31.6 Å². The first-order chi connectivity index (χ1) is 15.6. The molecule has 9 heteroatoms. The number of nitriles is 1. The molecule has 1 heterocycles. The van der Waals surface area contributed by atoms with Crippen LogP contribution in [0.3, 0.4) is 0 Å². The number of carbonyl (C=O) groups excluding carboxylic acids is 2. The van der Waals surface area contributed by atoms with Crippen LogP contribution in [0.25, 0.3) is 0 Å². The number of nitrogens with zero attached hydrogens (tertiary/aromatic N) is 3. The van der Waals surface area contributed by atoms with Gasteiger partial charge < -0.3 is 9.64 Å². The second-order valence-electron chi connectivity index (χ2n) is 7.76. The van der Waals surface area contributed by atoms with Gasteiger partial charge in [-0.2, -0.15) is 18.4 Å². The van der Waals surface area contributed by atoms with Crippen molar-refractivity contribution >= 4 is 17.6 Å². The predicted molar refractivity (Wildman–Crippen MR) is 115 cm³/mol. The van der Waals surface area contributed by atoms with Crippen LogP contribution < -0.4 is 4.90 Å². The van der Waals surface area contributed by atoms with E-state index >= 15 is 0 Å². The van der Waals surface area contributed by atoms with Crippen LogP contribution in [0.5, 0.6) is 0 Å². The van der Waals surface area contributed by atoms with Crippen molar-refractivity contribution in [3.05, 3.63) is 77.9 Å². The Bertz CT molecular complexity index is 1110. The van der Waals surface area contributed by atoms with Crippen LogP contribution in [0.1, 0.15) is 30.5 Å². The van der Waals surface area contributed by atoms with Gasteiger partial charge in [-0.05, 0) is 37.6 Å². The van der Waals surface area contributed by atoms with Crippen LogP contribution in [0.15, 0.2) is 61.2 Å². The summed E-state index contributed by atoms with van der Waals surface area (Å²) in [5, 5.41) is 9.08. The van der Waals surface area contributed by atoms with Crippen LogP contribution in [0.2, 0.25) is 0 Å². The number of urea groups is 1. The number of hydrogen-bond acceptors (Lipinski definition) is 4. The quantitative estimate of drug-likeness (QED) is 0.338. The second-order valence-corrected chi connectivity index (χ2v) is 7.76. The summed E-state index contributed by atoms with van der Waals surface area (Å²) in [6.07, 6.45) is -3.35. The number of ether oxygens (including phenoxy) is 1. The fourth-order valence-electron chi connectivity index (χ4n) is 4.02. The number of imide groups is 1. The minimum absolute atomic E-state index is 0.108. The summed E-state index contributed by atoms with van der Waals surface area (Å²) in [6.45, 7) is 6.89. The zero-order chi connectivity index (χ0) is 24.4. The molecule has 3 amide bonds. The van der Waals surface area contributed by atoms with Gasteiger partial charge in [-0.1, -0.05) is 36.4 Å². The summed E-state index contributed by atoms with van der Waals surface area (Å²) in [6, 6.07) is 11.5. The highest BCUT2D eigenvalue weighted by molar-refractivity contribution is 6.23. The maximum absolute atomic E-state index is 13.9. The lowest BCUT2D eigenvalue weighted by atomic mass is 9.88. The fraction of sp³-hybridized carbons (Fsp3) is 0.292. The Hall–Kier alpha value is -3.64. The molecule has 0 bridgehead atoms. The average Bonchev–Trinajstić information content (AvgIpc) is 3.00. The minimum Gasteiger partial charge on any atom is -0.374 e. The van der Waals surface area contributed by atoms with Crippen LogP contribution in [-0.4, -0.2) is 36.1 Å². The zero-order valence-electron chi connectivity index (χ0n) is 18.1. The van der Waals surface area contributed by atoms with E-state index < -0.39 is 40.8 Å². The SMILES string of the molecule is C=CCOCC1(c2ccccc2)C(=O)N(c2ccc(C#N)c(C(F)(F)F)c2)C(=O)N1C(C)C. The van der Waals surface area contributed by atoms with E-state index in [0.717, 1.165) is 17.0 Å². The molecule has 33 heavy (non-hydrogen) atoms. The van der Waals surface area contributed by atoms with Crippen molar-refractivity contribution in [3.8, 4) is 6.07 Å². The number of carbonyl (C=O) groups is 2. The van der Waals surface area contributed by atoms with Crippen LogP contribution in [0, 0.1) is 11.3 Å². The maximum atomic E-state index is 13.9. The topological polar surface area (TPSA) is 73.6 Å². The number of anilines is 1. The molecule has 1 fully saturated rings. The molecule has 2 aromatic carbocycles. The predicted octanol–water partition coefficient (Wildman–Crippen LogP) is 4.85. The van der Waals surface area contributed by atoms with E-state index in [-0.39, 0.29) is 18.9 Å². The van der Waals surface area contributed by atoms with Crippen molar-refractivity contribution in [3.63, 3.8) is 0 Å². The summed E-state index contributed by atoms with van der Waals surface area (Å²) in [5.74, 6) is -0.741. The average molecular weight is 457 g/mol. The van der Waals surface area contributed by atoms with E-state index in [2.05, 4.69) is 6.58 Å². The molecule has 1 aliphatic heterocycles. The molecule has 0 N–H and O–H groups in total. The van der Waals surface area contributed by atoms with Gasteiger partial charge >= 0.3 is 12.2 Å².